The monoisotopic (exact) mass is 272 g/mol. The molecule has 0 amide bonds. The normalized spacial score (nSPS) is 28.9. The van der Waals surface area contributed by atoms with Crippen LogP contribution in [0.4, 0.5) is 4.39 Å². The van der Waals surface area contributed by atoms with E-state index >= 15 is 0 Å². The average molecular weight is 273 g/mol. The van der Waals surface area contributed by atoms with Crippen LogP contribution in [0.15, 0.2) is 0 Å². The van der Waals surface area contributed by atoms with Crippen LogP contribution in [0.1, 0.15) is 19.3 Å². The van der Waals surface area contributed by atoms with E-state index in [1.54, 1.807) is 0 Å². The molecule has 0 saturated carbocycles. The summed E-state index contributed by atoms with van der Waals surface area (Å²) >= 11 is 0. The molecule has 1 N–H and O–H groups in total. The fraction of sp³-hybridized carbons (Fsp3) is 1.00. The van der Waals surface area contributed by atoms with Crippen LogP contribution in [0.3, 0.4) is 0 Å². The Hall–Kier alpha value is 0.0900. The molecule has 0 aliphatic carbocycles. The fourth-order valence-corrected chi connectivity index (χ4v) is 4.06. The van der Waals surface area contributed by atoms with E-state index in [-0.39, 0.29) is 17.7 Å². The molecular formula is C9H18ClFN2O2S. The topological polar surface area (TPSA) is 49.4 Å². The molecule has 2 saturated heterocycles. The summed E-state index contributed by atoms with van der Waals surface area (Å²) in [5.41, 5.74) is 0. The molecule has 2 heterocycles. The Morgan fingerprint density at radius 2 is 1.81 bits per heavy atom. The first-order chi connectivity index (χ1) is 7.10. The van der Waals surface area contributed by atoms with Crippen molar-refractivity contribution in [3.05, 3.63) is 0 Å². The predicted octanol–water partition coefficient (Wildman–Crippen LogP) is 0.534. The third-order valence-corrected chi connectivity index (χ3v) is 5.51. The van der Waals surface area contributed by atoms with Gasteiger partial charge in [0, 0.05) is 19.6 Å². The van der Waals surface area contributed by atoms with Crippen molar-refractivity contribution in [1.29, 1.82) is 0 Å². The number of rotatable bonds is 2. The molecule has 1 unspecified atom stereocenters. The molecule has 2 aliphatic rings. The molecule has 4 nitrogen and oxygen atoms in total. The Labute approximate surface area is 102 Å². The van der Waals surface area contributed by atoms with Gasteiger partial charge in [-0.05, 0) is 25.8 Å². The lowest BCUT2D eigenvalue weighted by molar-refractivity contribution is 0.209. The van der Waals surface area contributed by atoms with Gasteiger partial charge in [0.05, 0.1) is 5.25 Å². The number of nitrogens with zero attached hydrogens (tertiary/aromatic N) is 1. The summed E-state index contributed by atoms with van der Waals surface area (Å²) < 4.78 is 38.5. The third kappa shape index (κ3) is 2.85. The highest BCUT2D eigenvalue weighted by Crippen LogP contribution is 2.21. The SMILES string of the molecule is Cl.O=S(=O)(C1CCNC1)N1CCC(F)CC1. The van der Waals surface area contributed by atoms with E-state index < -0.39 is 16.2 Å². The van der Waals surface area contributed by atoms with Crippen molar-refractivity contribution < 1.29 is 12.8 Å². The van der Waals surface area contributed by atoms with E-state index in [1.807, 2.05) is 0 Å². The molecule has 1 atom stereocenters. The molecule has 2 rings (SSSR count). The number of halogens is 2. The van der Waals surface area contributed by atoms with Gasteiger partial charge in [0.25, 0.3) is 0 Å². The van der Waals surface area contributed by atoms with Crippen molar-refractivity contribution in [3.63, 3.8) is 0 Å². The minimum Gasteiger partial charge on any atom is -0.315 e. The summed E-state index contributed by atoms with van der Waals surface area (Å²) in [6.07, 6.45) is 0.551. The predicted molar refractivity (Wildman–Crippen MR) is 63.1 cm³/mol. The maximum Gasteiger partial charge on any atom is 0.218 e. The summed E-state index contributed by atoms with van der Waals surface area (Å²) in [4.78, 5) is 0. The Kier molecular flexibility index (Phi) is 4.97. The van der Waals surface area contributed by atoms with Crippen LogP contribution < -0.4 is 5.32 Å². The summed E-state index contributed by atoms with van der Waals surface area (Å²) in [6.45, 7) is 2.00. The van der Waals surface area contributed by atoms with Gasteiger partial charge in [0.2, 0.25) is 10.0 Å². The highest BCUT2D eigenvalue weighted by Gasteiger charge is 2.35. The first kappa shape index (κ1) is 14.2. The van der Waals surface area contributed by atoms with Crippen LogP contribution in [0.2, 0.25) is 0 Å². The molecule has 2 fully saturated rings. The van der Waals surface area contributed by atoms with Crippen molar-refractivity contribution in [2.45, 2.75) is 30.7 Å². The van der Waals surface area contributed by atoms with Gasteiger partial charge in [-0.25, -0.2) is 17.1 Å². The molecule has 0 aromatic heterocycles. The van der Waals surface area contributed by atoms with Crippen LogP contribution in [0.5, 0.6) is 0 Å². The lowest BCUT2D eigenvalue weighted by Crippen LogP contribution is -2.44. The zero-order valence-electron chi connectivity index (χ0n) is 9.06. The van der Waals surface area contributed by atoms with E-state index in [4.69, 9.17) is 0 Å². The average Bonchev–Trinajstić information content (AvgIpc) is 2.71. The van der Waals surface area contributed by atoms with Crippen molar-refractivity contribution in [2.75, 3.05) is 26.2 Å². The van der Waals surface area contributed by atoms with Gasteiger partial charge in [-0.15, -0.1) is 12.4 Å². The van der Waals surface area contributed by atoms with Gasteiger partial charge >= 0.3 is 0 Å². The van der Waals surface area contributed by atoms with Gasteiger partial charge in [-0.1, -0.05) is 0 Å². The van der Waals surface area contributed by atoms with Gasteiger partial charge < -0.3 is 5.32 Å². The van der Waals surface area contributed by atoms with E-state index in [2.05, 4.69) is 5.32 Å². The van der Waals surface area contributed by atoms with Crippen molar-refractivity contribution in [2.24, 2.45) is 0 Å². The molecule has 0 aromatic rings. The minimum atomic E-state index is -3.18. The maximum atomic E-state index is 12.9. The molecule has 96 valence electrons. The van der Waals surface area contributed by atoms with E-state index in [0.29, 0.717) is 38.9 Å². The van der Waals surface area contributed by atoms with Gasteiger partial charge in [0.15, 0.2) is 0 Å². The smallest absolute Gasteiger partial charge is 0.218 e. The number of piperidine rings is 1. The molecule has 0 aromatic carbocycles. The zero-order valence-corrected chi connectivity index (χ0v) is 10.7. The Morgan fingerprint density at radius 3 is 2.31 bits per heavy atom. The highest BCUT2D eigenvalue weighted by atomic mass is 35.5. The van der Waals surface area contributed by atoms with Gasteiger partial charge in [0.1, 0.15) is 6.17 Å². The standard InChI is InChI=1S/C9H17FN2O2S.ClH/c10-8-2-5-12(6-3-8)15(13,14)9-1-4-11-7-9;/h8-9,11H,1-7H2;1H. The lowest BCUT2D eigenvalue weighted by Gasteiger charge is -2.29. The van der Waals surface area contributed by atoms with Crippen LogP contribution in [0, 0.1) is 0 Å². The highest BCUT2D eigenvalue weighted by molar-refractivity contribution is 7.89. The number of hydrogen-bond donors (Lipinski definition) is 1. The van der Waals surface area contributed by atoms with Crippen LogP contribution in [-0.4, -0.2) is 50.3 Å². The fourth-order valence-electron chi connectivity index (χ4n) is 2.17. The second-order valence-corrected chi connectivity index (χ2v) is 6.45. The maximum absolute atomic E-state index is 12.9. The Balaban J connectivity index is 0.00000128. The minimum absolute atomic E-state index is 0. The molecule has 16 heavy (non-hydrogen) atoms. The molecule has 2 aliphatic heterocycles. The van der Waals surface area contributed by atoms with Crippen molar-refractivity contribution in [3.8, 4) is 0 Å². The molecular weight excluding hydrogens is 255 g/mol. The van der Waals surface area contributed by atoms with Crippen LogP contribution in [0.25, 0.3) is 0 Å². The van der Waals surface area contributed by atoms with Crippen molar-refractivity contribution >= 4 is 22.4 Å². The summed E-state index contributed by atoms with van der Waals surface area (Å²) in [6, 6.07) is 0. The summed E-state index contributed by atoms with van der Waals surface area (Å²) in [7, 11) is -3.18. The zero-order chi connectivity index (χ0) is 10.9. The molecule has 0 spiro atoms. The summed E-state index contributed by atoms with van der Waals surface area (Å²) in [5, 5.41) is 2.75. The quantitative estimate of drug-likeness (QED) is 0.798. The molecule has 7 heteroatoms. The van der Waals surface area contributed by atoms with Crippen LogP contribution in [-0.2, 0) is 10.0 Å². The van der Waals surface area contributed by atoms with Gasteiger partial charge in [-0.2, -0.15) is 0 Å². The third-order valence-electron chi connectivity index (χ3n) is 3.18. The first-order valence-electron chi connectivity index (χ1n) is 5.44. The second kappa shape index (κ2) is 5.62. The number of nitrogens with one attached hydrogen (secondary N) is 1. The van der Waals surface area contributed by atoms with Crippen molar-refractivity contribution in [1.82, 2.24) is 9.62 Å². The number of hydrogen-bond acceptors (Lipinski definition) is 3. The largest absolute Gasteiger partial charge is 0.315 e. The van der Waals surface area contributed by atoms with E-state index in [1.165, 1.54) is 4.31 Å². The van der Waals surface area contributed by atoms with Crippen LogP contribution >= 0.6 is 12.4 Å². The van der Waals surface area contributed by atoms with E-state index in [0.717, 1.165) is 6.54 Å². The molecule has 0 radical (unpaired) electrons. The van der Waals surface area contributed by atoms with Gasteiger partial charge in [-0.3, -0.25) is 0 Å². The van der Waals surface area contributed by atoms with E-state index in [9.17, 15) is 12.8 Å². The first-order valence-corrected chi connectivity index (χ1v) is 6.95. The Bertz CT molecular complexity index is 311. The number of alkyl halides is 1. The summed E-state index contributed by atoms with van der Waals surface area (Å²) in [5.74, 6) is 0. The molecule has 0 bridgehead atoms. The number of sulfonamides is 1. The lowest BCUT2D eigenvalue weighted by atomic mass is 10.1. The second-order valence-electron chi connectivity index (χ2n) is 4.23. The Morgan fingerprint density at radius 1 is 1.19 bits per heavy atom.